The first-order valence-corrected chi connectivity index (χ1v) is 9.56. The lowest BCUT2D eigenvalue weighted by Crippen LogP contribution is -2.42. The van der Waals surface area contributed by atoms with Crippen LogP contribution in [0.3, 0.4) is 0 Å². The van der Waals surface area contributed by atoms with Crippen molar-refractivity contribution >= 4 is 44.9 Å². The molecule has 0 bridgehead atoms. The average Bonchev–Trinajstić information content (AvgIpc) is 2.72. The van der Waals surface area contributed by atoms with Crippen LogP contribution in [0.5, 0.6) is 11.5 Å². The summed E-state index contributed by atoms with van der Waals surface area (Å²) in [6.07, 6.45) is 2.66. The summed E-state index contributed by atoms with van der Waals surface area (Å²) >= 11 is 3.41. The highest BCUT2D eigenvalue weighted by Crippen LogP contribution is 2.35. The maximum Gasteiger partial charge on any atom is 0.284 e. The van der Waals surface area contributed by atoms with Crippen molar-refractivity contribution in [3.63, 3.8) is 0 Å². The molecule has 1 aliphatic rings. The largest absolute Gasteiger partial charge is 0.485 e. The molecule has 0 fully saturated rings. The zero-order valence-electron chi connectivity index (χ0n) is 14.8. The van der Waals surface area contributed by atoms with E-state index in [1.807, 2.05) is 72.8 Å². The predicted molar refractivity (Wildman–Crippen MR) is 114 cm³/mol. The zero-order valence-corrected chi connectivity index (χ0v) is 16.4. The summed E-state index contributed by atoms with van der Waals surface area (Å²) in [7, 11) is 0. The summed E-state index contributed by atoms with van der Waals surface area (Å²) in [4.78, 5) is 12.3. The number of benzene rings is 3. The molecule has 3 aromatic rings. The van der Waals surface area contributed by atoms with Gasteiger partial charge in [-0.15, -0.1) is 0 Å². The van der Waals surface area contributed by atoms with Crippen LogP contribution in [-0.2, 0) is 4.79 Å². The van der Waals surface area contributed by atoms with E-state index in [1.165, 1.54) is 6.21 Å². The van der Waals surface area contributed by atoms with Crippen LogP contribution >= 0.6 is 15.9 Å². The molecule has 1 heterocycles. The molecule has 0 saturated heterocycles. The summed E-state index contributed by atoms with van der Waals surface area (Å²) in [5.41, 5.74) is 3.52. The second kappa shape index (κ2) is 8.27. The molecule has 1 N–H and O–H groups in total. The Balaban J connectivity index is 1.39. The van der Waals surface area contributed by atoms with Gasteiger partial charge in [0.15, 0.2) is 11.5 Å². The molecule has 1 aliphatic heterocycles. The van der Waals surface area contributed by atoms with Crippen molar-refractivity contribution in [2.75, 3.05) is 6.61 Å². The minimum Gasteiger partial charge on any atom is -0.485 e. The van der Waals surface area contributed by atoms with E-state index < -0.39 is 6.10 Å². The van der Waals surface area contributed by atoms with Gasteiger partial charge in [-0.05, 0) is 50.5 Å². The first-order chi connectivity index (χ1) is 13.7. The van der Waals surface area contributed by atoms with Crippen LogP contribution in [0.25, 0.3) is 16.8 Å². The van der Waals surface area contributed by atoms with Gasteiger partial charge in [0.25, 0.3) is 5.91 Å². The lowest BCUT2D eigenvalue weighted by atomic mass is 10.1. The monoisotopic (exact) mass is 436 g/mol. The molecular formula is C22H17BrN2O3. The van der Waals surface area contributed by atoms with Crippen LogP contribution in [0.4, 0.5) is 0 Å². The molecule has 5 nitrogen and oxygen atoms in total. The van der Waals surface area contributed by atoms with Crippen LogP contribution in [0.1, 0.15) is 5.56 Å². The molecule has 0 spiro atoms. The molecule has 4 rings (SSSR count). The maximum atomic E-state index is 12.3. The van der Waals surface area contributed by atoms with E-state index >= 15 is 0 Å². The summed E-state index contributed by atoms with van der Waals surface area (Å²) < 4.78 is 12.3. The van der Waals surface area contributed by atoms with Gasteiger partial charge in [-0.3, -0.25) is 4.79 Å². The summed E-state index contributed by atoms with van der Waals surface area (Å²) in [5.74, 6) is 0.828. The molecule has 0 aromatic heterocycles. The Labute approximate surface area is 170 Å². The number of allylic oxidation sites excluding steroid dienone is 1. The molecule has 6 heteroatoms. The third-order valence-corrected chi connectivity index (χ3v) is 4.66. The first-order valence-electron chi connectivity index (χ1n) is 8.76. The van der Waals surface area contributed by atoms with Gasteiger partial charge >= 0.3 is 0 Å². The van der Waals surface area contributed by atoms with Crippen molar-refractivity contribution in [2.24, 2.45) is 5.10 Å². The van der Waals surface area contributed by atoms with Gasteiger partial charge in [0, 0.05) is 4.48 Å². The molecule has 0 saturated carbocycles. The predicted octanol–water partition coefficient (Wildman–Crippen LogP) is 4.52. The molecule has 0 unspecified atom stereocenters. The number of nitrogens with zero attached hydrogens (tertiary/aromatic N) is 1. The number of carbonyl (C=O) groups is 1. The Bertz CT molecular complexity index is 1060. The number of hydrazone groups is 1. The molecule has 0 aliphatic carbocycles. The van der Waals surface area contributed by atoms with Crippen LogP contribution in [0.2, 0.25) is 0 Å². The van der Waals surface area contributed by atoms with E-state index in [-0.39, 0.29) is 12.5 Å². The van der Waals surface area contributed by atoms with E-state index in [2.05, 4.69) is 26.5 Å². The molecule has 1 atom stereocenters. The van der Waals surface area contributed by atoms with Crippen LogP contribution in [0, 0.1) is 0 Å². The van der Waals surface area contributed by atoms with Crippen molar-refractivity contribution < 1.29 is 14.3 Å². The van der Waals surface area contributed by atoms with E-state index in [0.29, 0.717) is 11.5 Å². The maximum absolute atomic E-state index is 12.3. The number of hydrogen-bond donors (Lipinski definition) is 1. The molecule has 3 aromatic carbocycles. The Morgan fingerprint density at radius 3 is 2.46 bits per heavy atom. The van der Waals surface area contributed by atoms with Crippen molar-refractivity contribution in [3.05, 3.63) is 76.8 Å². The Morgan fingerprint density at radius 2 is 1.71 bits per heavy atom. The highest BCUT2D eigenvalue weighted by Gasteiger charge is 2.27. The summed E-state index contributed by atoms with van der Waals surface area (Å²) in [5, 5.41) is 6.06. The molecule has 28 heavy (non-hydrogen) atoms. The second-order valence-corrected chi connectivity index (χ2v) is 7.15. The number of halogens is 1. The minimum atomic E-state index is -0.761. The fourth-order valence-electron chi connectivity index (χ4n) is 2.86. The number of carbonyl (C=O) groups excluding carboxylic acids is 1. The van der Waals surface area contributed by atoms with Crippen LogP contribution in [-0.4, -0.2) is 24.8 Å². The molecular weight excluding hydrogens is 420 g/mol. The van der Waals surface area contributed by atoms with Gasteiger partial charge in [0.05, 0.1) is 6.21 Å². The lowest BCUT2D eigenvalue weighted by molar-refractivity contribution is -0.130. The van der Waals surface area contributed by atoms with Gasteiger partial charge in [-0.2, -0.15) is 5.10 Å². The summed E-state index contributed by atoms with van der Waals surface area (Å²) in [6, 6.07) is 21.5. The van der Waals surface area contributed by atoms with E-state index in [1.54, 1.807) is 0 Å². The molecule has 0 radical (unpaired) electrons. The number of hydrogen-bond acceptors (Lipinski definition) is 4. The number of nitrogens with one attached hydrogen (secondary N) is 1. The van der Waals surface area contributed by atoms with Gasteiger partial charge in [0.2, 0.25) is 6.10 Å². The van der Waals surface area contributed by atoms with Gasteiger partial charge < -0.3 is 9.47 Å². The zero-order chi connectivity index (χ0) is 19.3. The molecule has 1 amide bonds. The smallest absolute Gasteiger partial charge is 0.284 e. The quantitative estimate of drug-likeness (QED) is 0.483. The number of ether oxygens (including phenoxy) is 2. The summed E-state index contributed by atoms with van der Waals surface area (Å²) in [6.45, 7) is 0.133. The van der Waals surface area contributed by atoms with Crippen molar-refractivity contribution in [1.82, 2.24) is 5.43 Å². The Kier molecular flexibility index (Phi) is 5.39. The number of rotatable bonds is 4. The third kappa shape index (κ3) is 4.23. The number of amides is 1. The normalized spacial score (nSPS) is 16.3. The Hall–Kier alpha value is -3.12. The minimum absolute atomic E-state index is 0.133. The van der Waals surface area contributed by atoms with Crippen molar-refractivity contribution in [2.45, 2.75) is 6.10 Å². The highest BCUT2D eigenvalue weighted by atomic mass is 79.9. The third-order valence-electron chi connectivity index (χ3n) is 4.23. The Morgan fingerprint density at radius 1 is 1.04 bits per heavy atom. The van der Waals surface area contributed by atoms with Gasteiger partial charge in [0.1, 0.15) is 6.61 Å². The van der Waals surface area contributed by atoms with Gasteiger partial charge in [-0.1, -0.05) is 54.6 Å². The lowest BCUT2D eigenvalue weighted by Gasteiger charge is -2.25. The average molecular weight is 437 g/mol. The fraction of sp³-hybridized carbons (Fsp3) is 0.0909. The topological polar surface area (TPSA) is 59.9 Å². The fourth-order valence-corrected chi connectivity index (χ4v) is 3.23. The van der Waals surface area contributed by atoms with E-state index in [9.17, 15) is 4.79 Å². The first kappa shape index (κ1) is 18.3. The highest BCUT2D eigenvalue weighted by molar-refractivity contribution is 9.12. The van der Waals surface area contributed by atoms with Crippen molar-refractivity contribution in [1.29, 1.82) is 0 Å². The van der Waals surface area contributed by atoms with Crippen molar-refractivity contribution in [3.8, 4) is 11.5 Å². The molecule has 140 valence electrons. The van der Waals surface area contributed by atoms with E-state index in [0.717, 1.165) is 20.8 Å². The van der Waals surface area contributed by atoms with Crippen LogP contribution < -0.4 is 14.9 Å². The van der Waals surface area contributed by atoms with E-state index in [4.69, 9.17) is 9.47 Å². The standard InChI is InChI=1S/C22H17BrN2O3/c23-18(10-15-6-2-1-3-7-15)13-24-25-22(26)21-14-27-19-11-16-8-4-5-9-17(16)12-20(19)28-21/h1-13,21H,14H2,(H,25,26)/b18-10-,24-13+/t21-/m0/s1. The number of fused-ring (bicyclic) bond motifs is 2. The van der Waals surface area contributed by atoms with Gasteiger partial charge in [-0.25, -0.2) is 5.43 Å². The SMILES string of the molecule is O=C(N/N=C/C(Br)=C/c1ccccc1)[C@@H]1COc2cc3ccccc3cc2O1. The second-order valence-electron chi connectivity index (χ2n) is 6.24. The van der Waals surface area contributed by atoms with Crippen LogP contribution in [0.15, 0.2) is 76.3 Å².